The Bertz CT molecular complexity index is 353. The Hall–Kier alpha value is -1.04. The van der Waals surface area contributed by atoms with Crippen molar-refractivity contribution < 1.29 is 0 Å². The van der Waals surface area contributed by atoms with Gasteiger partial charge in [-0.1, -0.05) is 78.0 Å². The van der Waals surface area contributed by atoms with Gasteiger partial charge in [-0.15, -0.1) is 0 Å². The summed E-state index contributed by atoms with van der Waals surface area (Å²) in [5.41, 5.74) is 3.16. The van der Waals surface area contributed by atoms with Crippen LogP contribution in [0, 0.1) is 5.41 Å². The molecule has 0 heteroatoms. The van der Waals surface area contributed by atoms with E-state index in [1.165, 1.54) is 11.1 Å². The van der Waals surface area contributed by atoms with E-state index in [1.54, 1.807) is 0 Å². The lowest BCUT2D eigenvalue weighted by Gasteiger charge is -2.19. The lowest BCUT2D eigenvalue weighted by Crippen LogP contribution is -2.10. The fraction of sp³-hybridized carbons (Fsp3) is 0.500. The van der Waals surface area contributed by atoms with Crippen LogP contribution in [0.1, 0.15) is 52.7 Å². The monoisotopic (exact) mass is 216 g/mol. The normalized spacial score (nSPS) is 13.4. The van der Waals surface area contributed by atoms with Crippen LogP contribution >= 0.6 is 0 Å². The highest BCUT2D eigenvalue weighted by Gasteiger charge is 2.12. The first-order chi connectivity index (χ1) is 7.18. The molecule has 0 N–H and O–H groups in total. The Kier molecular flexibility index (Phi) is 3.62. The zero-order valence-electron chi connectivity index (χ0n) is 11.5. The average molecular weight is 216 g/mol. The first kappa shape index (κ1) is 13.0. The maximum atomic E-state index is 2.25. The molecule has 0 fully saturated rings. The van der Waals surface area contributed by atoms with Crippen LogP contribution in [-0.4, -0.2) is 0 Å². The van der Waals surface area contributed by atoms with Gasteiger partial charge in [-0.05, 0) is 22.0 Å². The third-order valence-corrected chi connectivity index (χ3v) is 2.55. The number of hydrogen-bond acceptors (Lipinski definition) is 0. The van der Waals surface area contributed by atoms with E-state index in [2.05, 4.69) is 78.0 Å². The Morgan fingerprint density at radius 1 is 0.812 bits per heavy atom. The van der Waals surface area contributed by atoms with Gasteiger partial charge in [0.2, 0.25) is 0 Å². The molecule has 0 atom stereocenters. The molecule has 88 valence electrons. The summed E-state index contributed by atoms with van der Waals surface area (Å²) in [5, 5.41) is 0. The standard InChI is InChI=1S/C16H24/c1-15(2,3)12-11-13-7-9-14(10-8-13)16(4,5)6/h7-12H,1-6H3/b12-11+. The molecular weight excluding hydrogens is 192 g/mol. The van der Waals surface area contributed by atoms with Crippen LogP contribution in [0.2, 0.25) is 0 Å². The predicted molar refractivity (Wildman–Crippen MR) is 73.6 cm³/mol. The lowest BCUT2D eigenvalue weighted by molar-refractivity contribution is 0.547. The van der Waals surface area contributed by atoms with Crippen molar-refractivity contribution in [1.82, 2.24) is 0 Å². The van der Waals surface area contributed by atoms with Crippen LogP contribution in [0.5, 0.6) is 0 Å². The maximum Gasteiger partial charge on any atom is -0.0132 e. The second kappa shape index (κ2) is 4.45. The van der Waals surface area contributed by atoms with Gasteiger partial charge in [0.1, 0.15) is 0 Å². The maximum absolute atomic E-state index is 2.25. The highest BCUT2D eigenvalue weighted by atomic mass is 14.2. The van der Waals surface area contributed by atoms with E-state index < -0.39 is 0 Å². The van der Waals surface area contributed by atoms with Gasteiger partial charge in [0.05, 0.1) is 0 Å². The number of rotatable bonds is 1. The van der Waals surface area contributed by atoms with Crippen molar-refractivity contribution >= 4 is 6.08 Å². The molecule has 0 saturated carbocycles. The van der Waals surface area contributed by atoms with Crippen molar-refractivity contribution in [2.24, 2.45) is 5.41 Å². The van der Waals surface area contributed by atoms with Crippen LogP contribution in [0.3, 0.4) is 0 Å². The Balaban J connectivity index is 2.85. The molecule has 0 nitrogen and oxygen atoms in total. The number of allylic oxidation sites excluding steroid dienone is 1. The molecule has 0 radical (unpaired) electrons. The summed E-state index contributed by atoms with van der Waals surface area (Å²) in [6.07, 6.45) is 4.45. The molecule has 0 bridgehead atoms. The molecule has 1 aromatic carbocycles. The van der Waals surface area contributed by atoms with Crippen molar-refractivity contribution in [3.05, 3.63) is 41.5 Å². The number of benzene rings is 1. The van der Waals surface area contributed by atoms with Crippen LogP contribution < -0.4 is 0 Å². The summed E-state index contributed by atoms with van der Waals surface area (Å²) in [6.45, 7) is 13.4. The van der Waals surface area contributed by atoms with Crippen LogP contribution in [0.15, 0.2) is 30.3 Å². The topological polar surface area (TPSA) is 0 Å². The van der Waals surface area contributed by atoms with Gasteiger partial charge in [-0.3, -0.25) is 0 Å². The molecule has 0 spiro atoms. The van der Waals surface area contributed by atoms with Gasteiger partial charge in [0.25, 0.3) is 0 Å². The van der Waals surface area contributed by atoms with E-state index in [1.807, 2.05) is 0 Å². The Labute approximate surface area is 100 Å². The molecule has 0 amide bonds. The minimum Gasteiger partial charge on any atom is -0.0785 e. The van der Waals surface area contributed by atoms with Crippen LogP contribution in [0.4, 0.5) is 0 Å². The third-order valence-electron chi connectivity index (χ3n) is 2.55. The summed E-state index contributed by atoms with van der Waals surface area (Å²) in [5.74, 6) is 0. The summed E-state index contributed by atoms with van der Waals surface area (Å²) >= 11 is 0. The minimum atomic E-state index is 0.242. The summed E-state index contributed by atoms with van der Waals surface area (Å²) in [4.78, 5) is 0. The van der Waals surface area contributed by atoms with Gasteiger partial charge in [0, 0.05) is 0 Å². The first-order valence-electron chi connectivity index (χ1n) is 5.98. The SMILES string of the molecule is CC(C)(C)/C=C/c1ccc(C(C)(C)C)cc1. The molecule has 0 aliphatic carbocycles. The fourth-order valence-corrected chi connectivity index (χ4v) is 1.44. The fourth-order valence-electron chi connectivity index (χ4n) is 1.44. The second-order valence-electron chi connectivity index (χ2n) is 6.57. The van der Waals surface area contributed by atoms with E-state index in [0.717, 1.165) is 0 Å². The van der Waals surface area contributed by atoms with E-state index in [9.17, 15) is 0 Å². The molecule has 0 aromatic heterocycles. The van der Waals surface area contributed by atoms with Crippen molar-refractivity contribution in [2.75, 3.05) is 0 Å². The van der Waals surface area contributed by atoms with Gasteiger partial charge < -0.3 is 0 Å². The first-order valence-corrected chi connectivity index (χ1v) is 5.98. The van der Waals surface area contributed by atoms with Crippen LogP contribution in [0.25, 0.3) is 6.08 Å². The third kappa shape index (κ3) is 4.22. The molecule has 0 saturated heterocycles. The smallest absolute Gasteiger partial charge is 0.0132 e. The van der Waals surface area contributed by atoms with Gasteiger partial charge in [0.15, 0.2) is 0 Å². The quantitative estimate of drug-likeness (QED) is 0.616. The summed E-state index contributed by atoms with van der Waals surface area (Å²) in [7, 11) is 0. The predicted octanol–water partition coefficient (Wildman–Crippen LogP) is 5.04. The summed E-state index contributed by atoms with van der Waals surface area (Å²) < 4.78 is 0. The highest BCUT2D eigenvalue weighted by molar-refractivity contribution is 5.50. The molecule has 0 heterocycles. The van der Waals surface area contributed by atoms with E-state index in [-0.39, 0.29) is 10.8 Å². The average Bonchev–Trinajstić information content (AvgIpc) is 2.13. The molecular formula is C16H24. The zero-order chi connectivity index (χ0) is 12.4. The largest absolute Gasteiger partial charge is 0.0785 e. The molecule has 0 aliphatic heterocycles. The van der Waals surface area contributed by atoms with Crippen molar-refractivity contribution in [2.45, 2.75) is 47.0 Å². The second-order valence-corrected chi connectivity index (χ2v) is 6.57. The molecule has 0 aliphatic rings. The molecule has 1 rings (SSSR count). The summed E-state index contributed by atoms with van der Waals surface area (Å²) in [6, 6.07) is 8.84. The van der Waals surface area contributed by atoms with Crippen molar-refractivity contribution in [3.63, 3.8) is 0 Å². The van der Waals surface area contributed by atoms with E-state index >= 15 is 0 Å². The Morgan fingerprint density at radius 3 is 1.69 bits per heavy atom. The zero-order valence-corrected chi connectivity index (χ0v) is 11.5. The van der Waals surface area contributed by atoms with Crippen molar-refractivity contribution in [3.8, 4) is 0 Å². The van der Waals surface area contributed by atoms with Crippen molar-refractivity contribution in [1.29, 1.82) is 0 Å². The van der Waals surface area contributed by atoms with E-state index in [0.29, 0.717) is 0 Å². The van der Waals surface area contributed by atoms with Gasteiger partial charge >= 0.3 is 0 Å². The van der Waals surface area contributed by atoms with Gasteiger partial charge in [-0.2, -0.15) is 0 Å². The highest BCUT2D eigenvalue weighted by Crippen LogP contribution is 2.23. The molecule has 16 heavy (non-hydrogen) atoms. The van der Waals surface area contributed by atoms with E-state index in [4.69, 9.17) is 0 Å². The Morgan fingerprint density at radius 2 is 1.31 bits per heavy atom. The van der Waals surface area contributed by atoms with Gasteiger partial charge in [-0.25, -0.2) is 0 Å². The molecule has 0 unspecified atom stereocenters. The molecule has 1 aromatic rings. The lowest BCUT2D eigenvalue weighted by atomic mass is 9.86. The van der Waals surface area contributed by atoms with Crippen LogP contribution in [-0.2, 0) is 5.41 Å². The minimum absolute atomic E-state index is 0.242. The number of hydrogen-bond donors (Lipinski definition) is 0.